The number of fused-ring (bicyclic) bond motifs is 1. The average molecular weight is 381 g/mol. The van der Waals surface area contributed by atoms with Gasteiger partial charge in [0.2, 0.25) is 0 Å². The lowest BCUT2D eigenvalue weighted by Gasteiger charge is -2.36. The van der Waals surface area contributed by atoms with Crippen LogP contribution < -0.4 is 16.5 Å². The molecule has 2 unspecified atom stereocenters. The molecule has 7 nitrogen and oxygen atoms in total. The lowest BCUT2D eigenvalue weighted by atomic mass is 9.94. The number of carbonyl (C=O) groups excluding carboxylic acids is 1. The number of amides is 1. The first kappa shape index (κ1) is 17.2. The molecular formula is C19H17ClN6O. The molecule has 4 rings (SSSR count). The Labute approximate surface area is 160 Å². The molecule has 1 aliphatic rings. The van der Waals surface area contributed by atoms with Gasteiger partial charge in [-0.05, 0) is 24.1 Å². The van der Waals surface area contributed by atoms with Crippen LogP contribution in [0.2, 0.25) is 5.15 Å². The number of hydrogen-bond donors (Lipinski definition) is 3. The van der Waals surface area contributed by atoms with Crippen molar-refractivity contribution >= 4 is 23.3 Å². The SMILES string of the molecule is N=c1c(Cl)nc(C(N)=O)c2n1C(c1ccccc1)CC(c1ccccn1)N2. The molecule has 0 fully saturated rings. The van der Waals surface area contributed by atoms with Gasteiger partial charge < -0.3 is 15.6 Å². The molecule has 8 heteroatoms. The van der Waals surface area contributed by atoms with Gasteiger partial charge in [0, 0.05) is 6.20 Å². The van der Waals surface area contributed by atoms with Crippen LogP contribution in [-0.2, 0) is 0 Å². The van der Waals surface area contributed by atoms with Crippen molar-refractivity contribution in [3.63, 3.8) is 0 Å². The predicted molar refractivity (Wildman–Crippen MR) is 101 cm³/mol. The Morgan fingerprint density at radius 2 is 1.96 bits per heavy atom. The van der Waals surface area contributed by atoms with E-state index in [4.69, 9.17) is 22.7 Å². The first-order valence-electron chi connectivity index (χ1n) is 8.45. The Hall–Kier alpha value is -3.19. The van der Waals surface area contributed by atoms with Gasteiger partial charge in [-0.2, -0.15) is 0 Å². The minimum Gasteiger partial charge on any atom is -0.364 e. The maximum absolute atomic E-state index is 12.0. The fraction of sp³-hybridized carbons (Fsp3) is 0.158. The molecule has 2 aromatic heterocycles. The molecule has 1 amide bonds. The van der Waals surface area contributed by atoms with Crippen LogP contribution >= 0.6 is 11.6 Å². The van der Waals surface area contributed by atoms with E-state index in [1.54, 1.807) is 10.8 Å². The highest BCUT2D eigenvalue weighted by atomic mass is 35.5. The predicted octanol–water partition coefficient (Wildman–Crippen LogP) is 2.66. The molecule has 0 radical (unpaired) electrons. The second-order valence-electron chi connectivity index (χ2n) is 6.30. The number of nitrogens with one attached hydrogen (secondary N) is 2. The van der Waals surface area contributed by atoms with Crippen LogP contribution in [0.5, 0.6) is 0 Å². The molecule has 3 aromatic rings. The van der Waals surface area contributed by atoms with Crippen LogP contribution in [0.4, 0.5) is 5.82 Å². The smallest absolute Gasteiger partial charge is 0.271 e. The summed E-state index contributed by atoms with van der Waals surface area (Å²) < 4.78 is 1.68. The second kappa shape index (κ2) is 6.85. The van der Waals surface area contributed by atoms with Crippen molar-refractivity contribution in [3.05, 3.63) is 82.3 Å². The van der Waals surface area contributed by atoms with Gasteiger partial charge in [0.15, 0.2) is 16.3 Å². The Kier molecular flexibility index (Phi) is 4.37. The van der Waals surface area contributed by atoms with Crippen molar-refractivity contribution in [1.29, 1.82) is 5.41 Å². The van der Waals surface area contributed by atoms with Gasteiger partial charge in [-0.25, -0.2) is 4.98 Å². The number of nitrogens with zero attached hydrogens (tertiary/aromatic N) is 3. The lowest BCUT2D eigenvalue weighted by molar-refractivity contribution is 0.0995. The van der Waals surface area contributed by atoms with Crippen LogP contribution in [0.25, 0.3) is 0 Å². The van der Waals surface area contributed by atoms with E-state index in [0.29, 0.717) is 12.2 Å². The maximum Gasteiger partial charge on any atom is 0.271 e. The zero-order chi connectivity index (χ0) is 19.0. The molecule has 2 atom stereocenters. The highest BCUT2D eigenvalue weighted by Crippen LogP contribution is 2.38. The third kappa shape index (κ3) is 3.06. The Balaban J connectivity index is 1.95. The van der Waals surface area contributed by atoms with Crippen LogP contribution in [0.15, 0.2) is 54.7 Å². The highest BCUT2D eigenvalue weighted by Gasteiger charge is 2.33. The van der Waals surface area contributed by atoms with Gasteiger partial charge in [0.05, 0.1) is 17.8 Å². The molecular weight excluding hydrogens is 364 g/mol. The van der Waals surface area contributed by atoms with Crippen molar-refractivity contribution in [2.45, 2.75) is 18.5 Å². The third-order valence-electron chi connectivity index (χ3n) is 4.66. The normalized spacial score (nSPS) is 18.4. The van der Waals surface area contributed by atoms with Crippen molar-refractivity contribution in [2.75, 3.05) is 5.32 Å². The van der Waals surface area contributed by atoms with E-state index in [1.807, 2.05) is 48.5 Å². The van der Waals surface area contributed by atoms with Gasteiger partial charge in [0.25, 0.3) is 5.91 Å². The molecule has 136 valence electrons. The number of aromatic nitrogens is 3. The number of nitrogens with two attached hydrogens (primary N) is 1. The number of halogens is 1. The largest absolute Gasteiger partial charge is 0.364 e. The van der Waals surface area contributed by atoms with E-state index in [0.717, 1.165) is 11.3 Å². The van der Waals surface area contributed by atoms with Crippen molar-refractivity contribution in [1.82, 2.24) is 14.5 Å². The molecule has 0 aliphatic carbocycles. The number of anilines is 1. The summed E-state index contributed by atoms with van der Waals surface area (Å²) in [6, 6.07) is 15.1. The van der Waals surface area contributed by atoms with E-state index in [-0.39, 0.29) is 28.4 Å². The molecule has 1 aromatic carbocycles. The van der Waals surface area contributed by atoms with Crippen molar-refractivity contribution in [3.8, 4) is 0 Å². The average Bonchev–Trinajstić information content (AvgIpc) is 2.71. The van der Waals surface area contributed by atoms with E-state index < -0.39 is 5.91 Å². The number of primary amides is 1. The van der Waals surface area contributed by atoms with Crippen molar-refractivity contribution in [2.24, 2.45) is 5.73 Å². The number of rotatable bonds is 3. The Bertz CT molecular complexity index is 1050. The number of pyridine rings is 1. The molecule has 0 bridgehead atoms. The first-order chi connectivity index (χ1) is 13.1. The monoisotopic (exact) mass is 380 g/mol. The zero-order valence-electron chi connectivity index (χ0n) is 14.3. The second-order valence-corrected chi connectivity index (χ2v) is 6.65. The van der Waals surface area contributed by atoms with E-state index in [1.165, 1.54) is 0 Å². The van der Waals surface area contributed by atoms with Crippen molar-refractivity contribution < 1.29 is 4.79 Å². The highest BCUT2D eigenvalue weighted by molar-refractivity contribution is 6.29. The van der Waals surface area contributed by atoms with E-state index >= 15 is 0 Å². The Morgan fingerprint density at radius 1 is 1.22 bits per heavy atom. The fourth-order valence-corrected chi connectivity index (χ4v) is 3.62. The van der Waals surface area contributed by atoms with Gasteiger partial charge in [0.1, 0.15) is 5.82 Å². The lowest BCUT2D eigenvalue weighted by Crippen LogP contribution is -2.38. The molecule has 0 saturated heterocycles. The summed E-state index contributed by atoms with van der Waals surface area (Å²) >= 11 is 6.13. The summed E-state index contributed by atoms with van der Waals surface area (Å²) in [4.78, 5) is 20.5. The summed E-state index contributed by atoms with van der Waals surface area (Å²) in [5, 5.41) is 11.6. The summed E-state index contributed by atoms with van der Waals surface area (Å²) in [7, 11) is 0. The number of carbonyl (C=O) groups is 1. The molecule has 0 spiro atoms. The number of benzene rings is 1. The summed E-state index contributed by atoms with van der Waals surface area (Å²) in [6.07, 6.45) is 2.35. The summed E-state index contributed by atoms with van der Waals surface area (Å²) in [5.41, 5.74) is 7.40. The maximum atomic E-state index is 12.0. The molecule has 3 heterocycles. The minimum absolute atomic E-state index is 0.0116. The molecule has 0 saturated carbocycles. The molecule has 1 aliphatic heterocycles. The van der Waals surface area contributed by atoms with Gasteiger partial charge in [-0.3, -0.25) is 15.2 Å². The quantitative estimate of drug-likeness (QED) is 0.648. The molecule has 27 heavy (non-hydrogen) atoms. The number of hydrogen-bond acceptors (Lipinski definition) is 5. The van der Waals surface area contributed by atoms with Crippen LogP contribution in [0.3, 0.4) is 0 Å². The van der Waals surface area contributed by atoms with Crippen LogP contribution in [0.1, 0.15) is 40.3 Å². The first-order valence-corrected chi connectivity index (χ1v) is 8.83. The van der Waals surface area contributed by atoms with Crippen LogP contribution in [-0.4, -0.2) is 20.4 Å². The van der Waals surface area contributed by atoms with Gasteiger partial charge >= 0.3 is 0 Å². The van der Waals surface area contributed by atoms with Gasteiger partial charge in [-0.1, -0.05) is 48.0 Å². The molecule has 4 N–H and O–H groups in total. The van der Waals surface area contributed by atoms with E-state index in [9.17, 15) is 4.79 Å². The third-order valence-corrected chi connectivity index (χ3v) is 4.92. The summed E-state index contributed by atoms with van der Waals surface area (Å²) in [5.74, 6) is -0.325. The zero-order valence-corrected chi connectivity index (χ0v) is 15.0. The fourth-order valence-electron chi connectivity index (χ4n) is 3.44. The topological polar surface area (TPSA) is 110 Å². The minimum atomic E-state index is -0.707. The van der Waals surface area contributed by atoms with Gasteiger partial charge in [-0.15, -0.1) is 0 Å². The standard InChI is InChI=1S/C19H17ClN6O/c20-16-17(21)26-14(11-6-2-1-3-7-11)10-13(12-8-4-5-9-23-12)24-19(26)15(25-16)18(22)27/h1-9,13-14,21,24H,10H2,(H2,22,27). The summed E-state index contributed by atoms with van der Waals surface area (Å²) in [6.45, 7) is 0. The van der Waals surface area contributed by atoms with E-state index in [2.05, 4.69) is 15.3 Å². The van der Waals surface area contributed by atoms with Crippen LogP contribution in [0, 0.1) is 5.41 Å². The Morgan fingerprint density at radius 3 is 2.63 bits per heavy atom.